The maximum absolute atomic E-state index is 12.0. The van der Waals surface area contributed by atoms with E-state index in [2.05, 4.69) is 4.74 Å². The van der Waals surface area contributed by atoms with Crippen molar-refractivity contribution in [1.29, 1.82) is 0 Å². The molecule has 0 rings (SSSR count). The Morgan fingerprint density at radius 1 is 1.33 bits per heavy atom. The lowest BCUT2D eigenvalue weighted by Gasteiger charge is -2.18. The van der Waals surface area contributed by atoms with Crippen molar-refractivity contribution in [2.24, 2.45) is 5.92 Å². The molecule has 15 heavy (non-hydrogen) atoms. The third-order valence-electron chi connectivity index (χ3n) is 1.58. The number of halogens is 4. The molecule has 0 heterocycles. The molecule has 0 fully saturated rings. The molecule has 92 valence electrons. The van der Waals surface area contributed by atoms with E-state index in [9.17, 15) is 21.6 Å². The summed E-state index contributed by atoms with van der Waals surface area (Å²) in [6.07, 6.45) is -6.34. The van der Waals surface area contributed by atoms with E-state index in [1.165, 1.54) is 6.92 Å². The summed E-state index contributed by atoms with van der Waals surface area (Å²) in [6.45, 7) is 2.01. The minimum atomic E-state index is -4.43. The van der Waals surface area contributed by atoms with Crippen molar-refractivity contribution in [2.45, 2.75) is 26.1 Å². The van der Waals surface area contributed by atoms with Gasteiger partial charge in [0.25, 0.3) is 0 Å². The molecule has 2 atom stereocenters. The zero-order chi connectivity index (χ0) is 12.3. The average Bonchev–Trinajstić information content (AvgIpc) is 1.94. The quantitative estimate of drug-likeness (QED) is 0.718. The molecule has 8 heteroatoms. The van der Waals surface area contributed by atoms with E-state index in [0.717, 1.165) is 6.92 Å². The van der Waals surface area contributed by atoms with Crippen molar-refractivity contribution in [1.82, 2.24) is 0 Å². The zero-order valence-corrected chi connectivity index (χ0v) is 9.79. The Morgan fingerprint density at radius 3 is 2.13 bits per heavy atom. The highest BCUT2D eigenvalue weighted by Gasteiger charge is 2.37. The van der Waals surface area contributed by atoms with Crippen molar-refractivity contribution >= 4 is 19.7 Å². The molecule has 0 spiro atoms. The predicted octanol–water partition coefficient (Wildman–Crippen LogP) is 2.16. The maximum Gasteiger partial charge on any atom is 0.414 e. The third-order valence-corrected chi connectivity index (χ3v) is 2.92. The van der Waals surface area contributed by atoms with E-state index in [1.54, 1.807) is 0 Å². The van der Waals surface area contributed by atoms with Crippen LogP contribution in [0.15, 0.2) is 0 Å². The summed E-state index contributed by atoms with van der Waals surface area (Å²) >= 11 is 0. The fraction of sp³-hybridized carbons (Fsp3) is 1.00. The lowest BCUT2D eigenvalue weighted by Crippen LogP contribution is -2.30. The van der Waals surface area contributed by atoms with Gasteiger partial charge in [0, 0.05) is 10.7 Å². The molecule has 0 aromatic rings. The van der Waals surface area contributed by atoms with E-state index in [4.69, 9.17) is 10.7 Å². The number of hydrogen-bond acceptors (Lipinski definition) is 3. The summed E-state index contributed by atoms with van der Waals surface area (Å²) in [4.78, 5) is 0. The van der Waals surface area contributed by atoms with Gasteiger partial charge in [-0.1, -0.05) is 6.92 Å². The van der Waals surface area contributed by atoms with Crippen molar-refractivity contribution in [2.75, 3.05) is 12.4 Å². The van der Waals surface area contributed by atoms with Crippen LogP contribution >= 0.6 is 10.7 Å². The fourth-order valence-electron chi connectivity index (χ4n) is 0.791. The van der Waals surface area contributed by atoms with Crippen molar-refractivity contribution in [3.8, 4) is 0 Å². The smallest absolute Gasteiger partial charge is 0.369 e. The molecule has 0 radical (unpaired) electrons. The third kappa shape index (κ3) is 7.87. The molecule has 3 nitrogen and oxygen atoms in total. The molecule has 0 amide bonds. The Morgan fingerprint density at radius 2 is 1.80 bits per heavy atom. The van der Waals surface area contributed by atoms with Crippen LogP contribution in [0.4, 0.5) is 13.2 Å². The predicted molar refractivity (Wildman–Crippen MR) is 50.3 cm³/mol. The van der Waals surface area contributed by atoms with Gasteiger partial charge in [0.2, 0.25) is 9.05 Å². The Labute approximate surface area is 91.0 Å². The van der Waals surface area contributed by atoms with Crippen LogP contribution < -0.4 is 0 Å². The first kappa shape index (κ1) is 15.0. The molecule has 0 aliphatic heterocycles. The summed E-state index contributed by atoms with van der Waals surface area (Å²) < 4.78 is 61.5. The van der Waals surface area contributed by atoms with Crippen LogP contribution in [0.2, 0.25) is 0 Å². The van der Waals surface area contributed by atoms with E-state index in [-0.39, 0.29) is 6.61 Å². The summed E-state index contributed by atoms with van der Waals surface area (Å²) in [6, 6.07) is 0. The first-order valence-electron chi connectivity index (χ1n) is 4.13. The Balaban J connectivity index is 3.97. The fourth-order valence-corrected chi connectivity index (χ4v) is 2.21. The Kier molecular flexibility index (Phi) is 5.35. The molecule has 0 N–H and O–H groups in total. The highest BCUT2D eigenvalue weighted by atomic mass is 35.7. The van der Waals surface area contributed by atoms with E-state index in [0.29, 0.717) is 0 Å². The first-order chi connectivity index (χ1) is 6.52. The van der Waals surface area contributed by atoms with Gasteiger partial charge in [-0.2, -0.15) is 13.2 Å². The lowest BCUT2D eigenvalue weighted by atomic mass is 10.2. The van der Waals surface area contributed by atoms with Crippen LogP contribution in [0, 0.1) is 5.92 Å². The molecule has 0 aromatic carbocycles. The second-order valence-corrected chi connectivity index (χ2v) is 6.15. The van der Waals surface area contributed by atoms with Crippen molar-refractivity contribution in [3.05, 3.63) is 0 Å². The van der Waals surface area contributed by atoms with Gasteiger partial charge in [0.1, 0.15) is 0 Å². The molecule has 0 aliphatic rings. The van der Waals surface area contributed by atoms with Gasteiger partial charge in [-0.3, -0.25) is 0 Å². The van der Waals surface area contributed by atoms with Gasteiger partial charge < -0.3 is 4.74 Å². The Bertz CT molecular complexity index is 288. The number of alkyl halides is 3. The molecule has 0 saturated heterocycles. The molecule has 0 aliphatic carbocycles. The molecule has 0 bridgehead atoms. The van der Waals surface area contributed by atoms with Gasteiger partial charge in [-0.05, 0) is 12.8 Å². The minimum absolute atomic E-state index is 0.299. The zero-order valence-electron chi connectivity index (χ0n) is 8.21. The summed E-state index contributed by atoms with van der Waals surface area (Å²) in [7, 11) is 1.23. The van der Waals surface area contributed by atoms with Gasteiger partial charge in [-0.15, -0.1) is 0 Å². The summed E-state index contributed by atoms with van der Waals surface area (Å²) in [5, 5.41) is 0. The molecule has 2 unspecified atom stereocenters. The van der Waals surface area contributed by atoms with Crippen LogP contribution in [-0.2, 0) is 13.8 Å². The monoisotopic (exact) mass is 268 g/mol. The standard InChI is InChI=1S/C7H12ClF3O3S/c1-5(4-15(8,12)13)3-14-6(2)7(9,10)11/h5-6H,3-4H2,1-2H3. The highest BCUT2D eigenvalue weighted by molar-refractivity contribution is 8.13. The van der Waals surface area contributed by atoms with Crippen molar-refractivity contribution in [3.63, 3.8) is 0 Å². The molecular weight excluding hydrogens is 257 g/mol. The van der Waals surface area contributed by atoms with E-state index in [1.807, 2.05) is 0 Å². The number of hydrogen-bond donors (Lipinski definition) is 0. The molecule has 0 saturated carbocycles. The highest BCUT2D eigenvalue weighted by Crippen LogP contribution is 2.22. The number of ether oxygens (including phenoxy) is 1. The Hall–Kier alpha value is -0.0100. The lowest BCUT2D eigenvalue weighted by molar-refractivity contribution is -0.216. The van der Waals surface area contributed by atoms with E-state index >= 15 is 0 Å². The maximum atomic E-state index is 12.0. The summed E-state index contributed by atoms with van der Waals surface area (Å²) in [5.74, 6) is -0.976. The topological polar surface area (TPSA) is 43.4 Å². The SMILES string of the molecule is CC(COC(C)C(F)(F)F)CS(=O)(=O)Cl. The van der Waals surface area contributed by atoms with Crippen LogP contribution in [0.3, 0.4) is 0 Å². The second-order valence-electron chi connectivity index (χ2n) is 3.33. The number of rotatable bonds is 5. The molecular formula is C7H12ClF3O3S. The average molecular weight is 269 g/mol. The molecule has 0 aromatic heterocycles. The van der Waals surface area contributed by atoms with Crippen LogP contribution in [0.25, 0.3) is 0 Å². The van der Waals surface area contributed by atoms with Gasteiger partial charge >= 0.3 is 6.18 Å². The van der Waals surface area contributed by atoms with Crippen LogP contribution in [0.5, 0.6) is 0 Å². The van der Waals surface area contributed by atoms with E-state index < -0.39 is 33.0 Å². The minimum Gasteiger partial charge on any atom is -0.369 e. The largest absolute Gasteiger partial charge is 0.414 e. The van der Waals surface area contributed by atoms with Gasteiger partial charge in [0.15, 0.2) is 6.10 Å². The first-order valence-corrected chi connectivity index (χ1v) is 6.61. The van der Waals surface area contributed by atoms with Crippen molar-refractivity contribution < 1.29 is 26.3 Å². The van der Waals surface area contributed by atoms with Crippen LogP contribution in [-0.4, -0.2) is 33.1 Å². The second kappa shape index (κ2) is 5.36. The van der Waals surface area contributed by atoms with Crippen LogP contribution in [0.1, 0.15) is 13.8 Å². The van der Waals surface area contributed by atoms with Gasteiger partial charge in [0.05, 0.1) is 12.4 Å². The van der Waals surface area contributed by atoms with Gasteiger partial charge in [-0.25, -0.2) is 8.42 Å². The normalized spacial score (nSPS) is 17.5. The summed E-state index contributed by atoms with van der Waals surface area (Å²) in [5.41, 5.74) is 0.